The maximum Gasteiger partial charge on any atom is 0.405 e. The first-order chi connectivity index (χ1) is 4.97. The van der Waals surface area contributed by atoms with Gasteiger partial charge >= 0.3 is 6.18 Å². The Balaban J connectivity index is 2.36. The van der Waals surface area contributed by atoms with Gasteiger partial charge in [-0.2, -0.15) is 13.2 Å². The zero-order chi connectivity index (χ0) is 8.48. The molecule has 0 aromatic heterocycles. The van der Waals surface area contributed by atoms with Crippen molar-refractivity contribution in [3.05, 3.63) is 0 Å². The maximum absolute atomic E-state index is 11.7. The van der Waals surface area contributed by atoms with Gasteiger partial charge in [-0.15, -0.1) is 0 Å². The number of halogens is 3. The fourth-order valence-corrected chi connectivity index (χ4v) is 0.977. The lowest BCUT2D eigenvalue weighted by atomic mass is 10.3. The summed E-state index contributed by atoms with van der Waals surface area (Å²) < 4.78 is 35.2. The van der Waals surface area contributed by atoms with Crippen LogP contribution in [0.25, 0.3) is 0 Å². The zero-order valence-corrected chi connectivity index (χ0v) is 6.10. The van der Waals surface area contributed by atoms with Gasteiger partial charge in [-0.05, 0) is 6.92 Å². The molecule has 0 saturated heterocycles. The quantitative estimate of drug-likeness (QED) is 0.573. The number of nitrogens with zero attached hydrogens (tertiary/aromatic N) is 2. The molecule has 2 nitrogen and oxygen atoms in total. The number of rotatable bonds is 1. The van der Waals surface area contributed by atoms with Gasteiger partial charge in [-0.25, -0.2) is 0 Å². The molecule has 1 heterocycles. The van der Waals surface area contributed by atoms with E-state index in [0.29, 0.717) is 6.54 Å². The molecule has 1 aliphatic heterocycles. The Hall–Kier alpha value is -0.740. The van der Waals surface area contributed by atoms with Gasteiger partial charge in [0.05, 0.1) is 12.4 Å². The van der Waals surface area contributed by atoms with Gasteiger partial charge in [0.2, 0.25) is 0 Å². The largest absolute Gasteiger partial charge is 0.405 e. The first kappa shape index (κ1) is 8.36. The second-order valence-corrected chi connectivity index (χ2v) is 2.66. The fourth-order valence-electron chi connectivity index (χ4n) is 0.977. The van der Waals surface area contributed by atoms with Gasteiger partial charge in [-0.1, -0.05) is 0 Å². The van der Waals surface area contributed by atoms with Gasteiger partial charge in [0, 0.05) is 6.54 Å². The highest BCUT2D eigenvalue weighted by molar-refractivity contribution is 5.57. The molecule has 0 aromatic carbocycles. The highest BCUT2D eigenvalue weighted by atomic mass is 19.4. The molecule has 0 aromatic rings. The Labute approximate surface area is 62.7 Å². The van der Waals surface area contributed by atoms with Crippen molar-refractivity contribution >= 4 is 6.34 Å². The van der Waals surface area contributed by atoms with E-state index in [-0.39, 0.29) is 6.04 Å². The minimum absolute atomic E-state index is 0.00245. The van der Waals surface area contributed by atoms with Crippen LogP contribution in [0.5, 0.6) is 0 Å². The van der Waals surface area contributed by atoms with Crippen LogP contribution in [-0.4, -0.2) is 36.5 Å². The Bertz CT molecular complexity index is 164. The summed E-state index contributed by atoms with van der Waals surface area (Å²) in [4.78, 5) is 4.97. The van der Waals surface area contributed by atoms with Crippen molar-refractivity contribution in [2.75, 3.05) is 13.1 Å². The Morgan fingerprint density at radius 3 is 2.64 bits per heavy atom. The molecule has 64 valence electrons. The van der Waals surface area contributed by atoms with Gasteiger partial charge in [-0.3, -0.25) is 4.99 Å². The van der Waals surface area contributed by atoms with Crippen LogP contribution in [0.2, 0.25) is 0 Å². The van der Waals surface area contributed by atoms with Gasteiger partial charge < -0.3 is 4.90 Å². The van der Waals surface area contributed by atoms with Crippen LogP contribution in [0.1, 0.15) is 6.92 Å². The molecule has 0 amide bonds. The van der Waals surface area contributed by atoms with Crippen molar-refractivity contribution < 1.29 is 13.2 Å². The molecule has 1 rings (SSSR count). The van der Waals surface area contributed by atoms with Crippen molar-refractivity contribution in [2.45, 2.75) is 19.1 Å². The molecule has 11 heavy (non-hydrogen) atoms. The van der Waals surface area contributed by atoms with E-state index in [1.165, 1.54) is 11.2 Å². The molecule has 0 bridgehead atoms. The van der Waals surface area contributed by atoms with E-state index < -0.39 is 12.7 Å². The molecule has 1 unspecified atom stereocenters. The monoisotopic (exact) mass is 166 g/mol. The number of aliphatic imine (C=N–C) groups is 1. The predicted octanol–water partition coefficient (Wildman–Crippen LogP) is 1.28. The van der Waals surface area contributed by atoms with Crippen LogP contribution in [0.3, 0.4) is 0 Å². The van der Waals surface area contributed by atoms with E-state index in [9.17, 15) is 13.2 Å². The number of alkyl halides is 3. The smallest absolute Gasteiger partial charge is 0.352 e. The van der Waals surface area contributed by atoms with Crippen molar-refractivity contribution in [3.63, 3.8) is 0 Å². The second-order valence-electron chi connectivity index (χ2n) is 2.66. The number of hydrogen-bond acceptors (Lipinski definition) is 2. The second kappa shape index (κ2) is 2.71. The highest BCUT2D eigenvalue weighted by Crippen LogP contribution is 2.17. The van der Waals surface area contributed by atoms with Crippen molar-refractivity contribution in [3.8, 4) is 0 Å². The molecule has 1 atom stereocenters. The summed E-state index contributed by atoms with van der Waals surface area (Å²) >= 11 is 0. The third kappa shape index (κ3) is 2.78. The summed E-state index contributed by atoms with van der Waals surface area (Å²) in [6.07, 6.45) is -2.85. The molecule has 0 aliphatic carbocycles. The lowest BCUT2D eigenvalue weighted by Gasteiger charge is -2.16. The minimum Gasteiger partial charge on any atom is -0.352 e. The first-order valence-electron chi connectivity index (χ1n) is 3.31. The van der Waals surface area contributed by atoms with Gasteiger partial charge in [0.1, 0.15) is 6.54 Å². The number of hydrogen-bond donors (Lipinski definition) is 0. The summed E-state index contributed by atoms with van der Waals surface area (Å²) in [5.41, 5.74) is 0. The van der Waals surface area contributed by atoms with E-state index in [2.05, 4.69) is 4.99 Å². The van der Waals surface area contributed by atoms with Crippen molar-refractivity contribution in [2.24, 2.45) is 4.99 Å². The SMILES string of the molecule is CC1CN(CC(F)(F)F)C=N1. The zero-order valence-electron chi connectivity index (χ0n) is 6.10. The van der Waals surface area contributed by atoms with Crippen LogP contribution in [-0.2, 0) is 0 Å². The van der Waals surface area contributed by atoms with E-state index >= 15 is 0 Å². The molecule has 0 fully saturated rings. The topological polar surface area (TPSA) is 15.6 Å². The van der Waals surface area contributed by atoms with Crippen LogP contribution in [0, 0.1) is 0 Å². The van der Waals surface area contributed by atoms with E-state index in [1.807, 2.05) is 0 Å². The van der Waals surface area contributed by atoms with E-state index in [4.69, 9.17) is 0 Å². The standard InChI is InChI=1S/C6H9F3N2/c1-5-2-11(4-10-5)3-6(7,8)9/h4-5H,2-3H2,1H3. The normalized spacial score (nSPS) is 24.7. The highest BCUT2D eigenvalue weighted by Gasteiger charge is 2.31. The average molecular weight is 166 g/mol. The molecule has 0 N–H and O–H groups in total. The van der Waals surface area contributed by atoms with Gasteiger partial charge in [0.15, 0.2) is 0 Å². The maximum atomic E-state index is 11.7. The molecule has 1 aliphatic rings. The third-order valence-electron chi connectivity index (χ3n) is 1.37. The van der Waals surface area contributed by atoms with Crippen LogP contribution < -0.4 is 0 Å². The molecule has 0 spiro atoms. The first-order valence-corrected chi connectivity index (χ1v) is 3.31. The molecule has 0 radical (unpaired) electrons. The predicted molar refractivity (Wildman–Crippen MR) is 35.6 cm³/mol. The average Bonchev–Trinajstić information content (AvgIpc) is 2.10. The van der Waals surface area contributed by atoms with E-state index in [0.717, 1.165) is 0 Å². The van der Waals surface area contributed by atoms with Crippen LogP contribution in [0.15, 0.2) is 4.99 Å². The summed E-state index contributed by atoms with van der Waals surface area (Å²) in [6, 6.07) is -0.00245. The van der Waals surface area contributed by atoms with Crippen molar-refractivity contribution in [1.29, 1.82) is 0 Å². The lowest BCUT2D eigenvalue weighted by Crippen LogP contribution is -2.32. The Morgan fingerprint density at radius 1 is 1.64 bits per heavy atom. The van der Waals surface area contributed by atoms with Crippen LogP contribution >= 0.6 is 0 Å². The molecule has 5 heteroatoms. The minimum atomic E-state index is -4.12. The van der Waals surface area contributed by atoms with Crippen molar-refractivity contribution in [1.82, 2.24) is 4.90 Å². The Kier molecular flexibility index (Phi) is 2.06. The molecular weight excluding hydrogens is 157 g/mol. The molecular formula is C6H9F3N2. The van der Waals surface area contributed by atoms with E-state index in [1.54, 1.807) is 6.92 Å². The Morgan fingerprint density at radius 2 is 2.27 bits per heavy atom. The lowest BCUT2D eigenvalue weighted by molar-refractivity contribution is -0.136. The summed E-state index contributed by atoms with van der Waals surface area (Å²) in [6.45, 7) is 1.27. The summed E-state index contributed by atoms with van der Waals surface area (Å²) in [5, 5.41) is 0. The summed E-state index contributed by atoms with van der Waals surface area (Å²) in [7, 11) is 0. The van der Waals surface area contributed by atoms with Gasteiger partial charge in [0.25, 0.3) is 0 Å². The third-order valence-corrected chi connectivity index (χ3v) is 1.37. The molecule has 0 saturated carbocycles. The van der Waals surface area contributed by atoms with Crippen LogP contribution in [0.4, 0.5) is 13.2 Å². The summed E-state index contributed by atoms with van der Waals surface area (Å²) in [5.74, 6) is 0. The fraction of sp³-hybridized carbons (Fsp3) is 0.833.